The summed E-state index contributed by atoms with van der Waals surface area (Å²) in [5.41, 5.74) is 2.70. The summed E-state index contributed by atoms with van der Waals surface area (Å²) >= 11 is 0. The molecule has 1 unspecified atom stereocenters. The third-order valence-corrected chi connectivity index (χ3v) is 5.74. The molecule has 2 aromatic heterocycles. The number of nitrogens with one attached hydrogen (secondary N) is 1. The van der Waals surface area contributed by atoms with Crippen molar-refractivity contribution in [3.8, 4) is 16.9 Å². The second kappa shape index (κ2) is 9.03. The topological polar surface area (TPSA) is 74.1 Å². The number of alkyl halides is 3. The van der Waals surface area contributed by atoms with Crippen LogP contribution in [-0.2, 0) is 17.5 Å². The number of hydrogen-bond acceptors (Lipinski definition) is 6. The van der Waals surface area contributed by atoms with E-state index in [9.17, 15) is 13.2 Å². The van der Waals surface area contributed by atoms with Crippen LogP contribution in [0.2, 0.25) is 0 Å². The summed E-state index contributed by atoms with van der Waals surface area (Å²) < 4.78 is 53.7. The van der Waals surface area contributed by atoms with Crippen molar-refractivity contribution in [3.05, 3.63) is 83.4 Å². The van der Waals surface area contributed by atoms with E-state index in [1.807, 2.05) is 37.3 Å². The number of aryl methyl sites for hydroxylation is 1. The highest BCUT2D eigenvalue weighted by molar-refractivity contribution is 5.74. The van der Waals surface area contributed by atoms with Crippen molar-refractivity contribution in [2.75, 3.05) is 19.0 Å². The molecule has 7 nitrogen and oxygen atoms in total. The van der Waals surface area contributed by atoms with Gasteiger partial charge in [-0.1, -0.05) is 18.2 Å². The van der Waals surface area contributed by atoms with Crippen LogP contribution in [0.15, 0.2) is 60.8 Å². The van der Waals surface area contributed by atoms with Crippen LogP contribution >= 0.6 is 0 Å². The molecule has 35 heavy (non-hydrogen) atoms. The minimum Gasteiger partial charge on any atom is -0.496 e. The average molecular weight is 481 g/mol. The second-order valence-corrected chi connectivity index (χ2v) is 8.08. The van der Waals surface area contributed by atoms with E-state index in [0.717, 1.165) is 22.9 Å². The van der Waals surface area contributed by atoms with Crippen molar-refractivity contribution in [2.24, 2.45) is 0 Å². The number of pyridine rings is 1. The summed E-state index contributed by atoms with van der Waals surface area (Å²) in [7, 11) is 1.59. The van der Waals surface area contributed by atoms with Gasteiger partial charge in [0.2, 0.25) is 5.95 Å². The molecule has 180 valence electrons. The molecule has 2 aromatic carbocycles. The Hall–Kier alpha value is -3.92. The Morgan fingerprint density at radius 2 is 1.94 bits per heavy atom. The lowest BCUT2D eigenvalue weighted by atomic mass is 10.0. The predicted octanol–water partition coefficient (Wildman–Crippen LogP) is 5.54. The standard InChI is InChI=1S/C25H22F3N5O2/c1-15-13-16(9-10-29-15)18-8-7-17(14-21(18)34-2)30-24-31-23-22(35-12-11-33(23)32-24)19-5-3-4-6-20(19)25(26,27)28/h3-10,13-14,22H,11-12H2,1-2H3,(H,30,32). The molecule has 4 aromatic rings. The number of benzene rings is 2. The van der Waals surface area contributed by atoms with Crippen LogP contribution in [0.3, 0.4) is 0 Å². The highest BCUT2D eigenvalue weighted by Gasteiger charge is 2.38. The van der Waals surface area contributed by atoms with Crippen molar-refractivity contribution >= 4 is 11.6 Å². The van der Waals surface area contributed by atoms with Crippen LogP contribution in [0.5, 0.6) is 5.75 Å². The molecular weight excluding hydrogens is 459 g/mol. The van der Waals surface area contributed by atoms with Gasteiger partial charge in [-0.3, -0.25) is 4.98 Å². The number of anilines is 2. The molecule has 0 amide bonds. The maximum Gasteiger partial charge on any atom is 0.416 e. The molecule has 1 atom stereocenters. The molecule has 10 heteroatoms. The lowest BCUT2D eigenvalue weighted by molar-refractivity contribution is -0.139. The number of nitrogens with zero attached hydrogens (tertiary/aromatic N) is 4. The first-order valence-corrected chi connectivity index (χ1v) is 10.9. The van der Waals surface area contributed by atoms with Gasteiger partial charge in [-0.2, -0.15) is 18.2 Å². The Bertz CT molecular complexity index is 1370. The maximum atomic E-state index is 13.6. The fourth-order valence-electron chi connectivity index (χ4n) is 4.16. The van der Waals surface area contributed by atoms with Gasteiger partial charge < -0.3 is 14.8 Å². The van der Waals surface area contributed by atoms with Gasteiger partial charge in [-0.15, -0.1) is 5.10 Å². The minimum absolute atomic E-state index is 0.0126. The van der Waals surface area contributed by atoms with E-state index in [-0.39, 0.29) is 18.1 Å². The Balaban J connectivity index is 1.45. The van der Waals surface area contributed by atoms with Crippen LogP contribution in [0.4, 0.5) is 24.8 Å². The summed E-state index contributed by atoms with van der Waals surface area (Å²) in [5, 5.41) is 7.58. The van der Waals surface area contributed by atoms with E-state index >= 15 is 0 Å². The van der Waals surface area contributed by atoms with Crippen LogP contribution in [-0.4, -0.2) is 33.5 Å². The highest BCUT2D eigenvalue weighted by Crippen LogP contribution is 2.39. The predicted molar refractivity (Wildman–Crippen MR) is 124 cm³/mol. The van der Waals surface area contributed by atoms with Crippen LogP contribution in [0.25, 0.3) is 11.1 Å². The first-order valence-electron chi connectivity index (χ1n) is 10.9. The molecule has 5 rings (SSSR count). The number of methoxy groups -OCH3 is 1. The van der Waals surface area contributed by atoms with Crippen molar-refractivity contribution in [1.82, 2.24) is 19.7 Å². The third-order valence-electron chi connectivity index (χ3n) is 5.74. The fraction of sp³-hybridized carbons (Fsp3) is 0.240. The van der Waals surface area contributed by atoms with Gasteiger partial charge >= 0.3 is 6.18 Å². The molecule has 1 aliphatic heterocycles. The smallest absolute Gasteiger partial charge is 0.416 e. The molecule has 3 heterocycles. The van der Waals surface area contributed by atoms with Gasteiger partial charge in [-0.05, 0) is 42.8 Å². The van der Waals surface area contributed by atoms with Crippen molar-refractivity contribution in [3.63, 3.8) is 0 Å². The number of rotatable bonds is 5. The van der Waals surface area contributed by atoms with E-state index in [4.69, 9.17) is 9.47 Å². The highest BCUT2D eigenvalue weighted by atomic mass is 19.4. The number of halogens is 3. The molecule has 0 saturated carbocycles. The average Bonchev–Trinajstić information content (AvgIpc) is 3.26. The Morgan fingerprint density at radius 1 is 1.11 bits per heavy atom. The zero-order valence-corrected chi connectivity index (χ0v) is 19.0. The molecule has 0 bridgehead atoms. The van der Waals surface area contributed by atoms with Crippen LogP contribution < -0.4 is 10.1 Å². The lowest BCUT2D eigenvalue weighted by Gasteiger charge is -2.25. The molecule has 1 N–H and O–H groups in total. The summed E-state index contributed by atoms with van der Waals surface area (Å²) in [6.07, 6.45) is -3.74. The van der Waals surface area contributed by atoms with Gasteiger partial charge in [0.25, 0.3) is 0 Å². The van der Waals surface area contributed by atoms with E-state index in [1.165, 1.54) is 12.1 Å². The molecule has 0 saturated heterocycles. The third kappa shape index (κ3) is 4.57. The van der Waals surface area contributed by atoms with Crippen LogP contribution in [0, 0.1) is 6.92 Å². The molecule has 0 aliphatic carbocycles. The molecular formula is C25H22F3N5O2. The summed E-state index contributed by atoms with van der Waals surface area (Å²) in [4.78, 5) is 8.70. The minimum atomic E-state index is -4.50. The van der Waals surface area contributed by atoms with Gasteiger partial charge in [0.1, 0.15) is 11.9 Å². The zero-order chi connectivity index (χ0) is 24.6. The van der Waals surface area contributed by atoms with Crippen LogP contribution in [0.1, 0.15) is 28.7 Å². The SMILES string of the molecule is COc1cc(Nc2nc3n(n2)CCOC3c2ccccc2C(F)(F)F)ccc1-c1ccnc(C)c1. The Kier molecular flexibility index (Phi) is 5.89. The first-order chi connectivity index (χ1) is 16.8. The van der Waals surface area contributed by atoms with Crippen molar-refractivity contribution in [1.29, 1.82) is 0 Å². The van der Waals surface area contributed by atoms with E-state index in [2.05, 4.69) is 20.4 Å². The monoisotopic (exact) mass is 481 g/mol. The maximum absolute atomic E-state index is 13.6. The number of fused-ring (bicyclic) bond motifs is 1. The van der Waals surface area contributed by atoms with E-state index < -0.39 is 17.8 Å². The molecule has 0 spiro atoms. The van der Waals surface area contributed by atoms with Gasteiger partial charge in [0, 0.05) is 34.8 Å². The summed E-state index contributed by atoms with van der Waals surface area (Å²) in [5.74, 6) is 1.21. The molecule has 1 aliphatic rings. The zero-order valence-electron chi connectivity index (χ0n) is 19.0. The van der Waals surface area contributed by atoms with E-state index in [0.29, 0.717) is 23.8 Å². The van der Waals surface area contributed by atoms with Crippen molar-refractivity contribution < 1.29 is 22.6 Å². The van der Waals surface area contributed by atoms with Gasteiger partial charge in [0.05, 0.1) is 25.8 Å². The number of hydrogen-bond donors (Lipinski definition) is 1. The second-order valence-electron chi connectivity index (χ2n) is 8.08. The van der Waals surface area contributed by atoms with Crippen molar-refractivity contribution in [2.45, 2.75) is 25.7 Å². The number of ether oxygens (including phenoxy) is 2. The lowest BCUT2D eigenvalue weighted by Crippen LogP contribution is -2.25. The quantitative estimate of drug-likeness (QED) is 0.404. The number of aromatic nitrogens is 4. The Labute approximate surface area is 199 Å². The molecule has 0 fully saturated rings. The summed E-state index contributed by atoms with van der Waals surface area (Å²) in [6, 6.07) is 14.8. The first kappa shape index (κ1) is 22.9. The fourth-order valence-corrected chi connectivity index (χ4v) is 4.16. The summed E-state index contributed by atoms with van der Waals surface area (Å²) in [6.45, 7) is 2.53. The Morgan fingerprint density at radius 3 is 2.71 bits per heavy atom. The van der Waals surface area contributed by atoms with E-state index in [1.54, 1.807) is 24.1 Å². The molecule has 0 radical (unpaired) electrons. The van der Waals surface area contributed by atoms with Gasteiger partial charge in [-0.25, -0.2) is 4.68 Å². The largest absolute Gasteiger partial charge is 0.496 e. The normalized spacial score (nSPS) is 15.5. The van der Waals surface area contributed by atoms with Gasteiger partial charge in [0.15, 0.2) is 5.82 Å².